The summed E-state index contributed by atoms with van der Waals surface area (Å²) in [5.74, 6) is 0. The average Bonchev–Trinajstić information content (AvgIpc) is 2.41. The summed E-state index contributed by atoms with van der Waals surface area (Å²) in [5, 5.41) is 9.92. The molecule has 0 bridgehead atoms. The van der Waals surface area contributed by atoms with Gasteiger partial charge in [0.05, 0.1) is 12.6 Å². The van der Waals surface area contributed by atoms with E-state index in [1.54, 1.807) is 4.90 Å². The molecule has 0 aromatic rings. The summed E-state index contributed by atoms with van der Waals surface area (Å²) in [4.78, 5) is 13.4. The molecular weight excluding hydrogens is 206 g/mol. The zero-order valence-corrected chi connectivity index (χ0v) is 10.9. The molecule has 0 aromatic carbocycles. The summed E-state index contributed by atoms with van der Waals surface area (Å²) in [6.45, 7) is 10.5. The second-order valence-electron chi connectivity index (χ2n) is 5.88. The average molecular weight is 229 g/mol. The van der Waals surface area contributed by atoms with Gasteiger partial charge in [0.15, 0.2) is 0 Å². The Labute approximate surface area is 97.6 Å². The van der Waals surface area contributed by atoms with Gasteiger partial charge >= 0.3 is 6.09 Å². The van der Waals surface area contributed by atoms with Crippen molar-refractivity contribution in [3.05, 3.63) is 0 Å². The number of ether oxygens (including phenoxy) is 1. The van der Waals surface area contributed by atoms with E-state index in [4.69, 9.17) is 4.74 Å². The van der Waals surface area contributed by atoms with Gasteiger partial charge in [0.1, 0.15) is 5.60 Å². The topological polar surface area (TPSA) is 49.8 Å². The predicted molar refractivity (Wildman–Crippen MR) is 62.2 cm³/mol. The van der Waals surface area contributed by atoms with Gasteiger partial charge in [0, 0.05) is 12.0 Å². The number of rotatable bonds is 1. The van der Waals surface area contributed by atoms with Crippen LogP contribution in [0.2, 0.25) is 0 Å². The van der Waals surface area contributed by atoms with Crippen molar-refractivity contribution >= 4 is 6.09 Å². The predicted octanol–water partition coefficient (Wildman–Crippen LogP) is 2.01. The lowest BCUT2D eigenvalue weighted by Crippen LogP contribution is -2.36. The van der Waals surface area contributed by atoms with E-state index in [0.717, 1.165) is 6.42 Å². The maximum Gasteiger partial charge on any atom is 0.410 e. The van der Waals surface area contributed by atoms with Gasteiger partial charge in [-0.1, -0.05) is 13.8 Å². The molecule has 4 nitrogen and oxygen atoms in total. The Morgan fingerprint density at radius 2 is 2.12 bits per heavy atom. The molecule has 1 rings (SSSR count). The SMILES string of the molecule is CCC1(C)CN(C(=O)OC(C)(C)C)CC1O. The molecule has 1 amide bonds. The Balaban J connectivity index is 2.62. The van der Waals surface area contributed by atoms with Crippen LogP contribution in [0.25, 0.3) is 0 Å². The number of hydrogen-bond donors (Lipinski definition) is 1. The van der Waals surface area contributed by atoms with Crippen molar-refractivity contribution < 1.29 is 14.6 Å². The van der Waals surface area contributed by atoms with Crippen LogP contribution in [-0.4, -0.2) is 40.9 Å². The van der Waals surface area contributed by atoms with E-state index >= 15 is 0 Å². The number of carbonyl (C=O) groups excluding carboxylic acids is 1. The molecule has 0 radical (unpaired) electrons. The monoisotopic (exact) mass is 229 g/mol. The largest absolute Gasteiger partial charge is 0.444 e. The molecule has 1 saturated heterocycles. The van der Waals surface area contributed by atoms with E-state index in [1.165, 1.54) is 0 Å². The third kappa shape index (κ3) is 2.88. The van der Waals surface area contributed by atoms with Gasteiger partial charge in [0.2, 0.25) is 0 Å². The zero-order chi connectivity index (χ0) is 12.6. The third-order valence-electron chi connectivity index (χ3n) is 3.21. The van der Waals surface area contributed by atoms with Gasteiger partial charge in [-0.2, -0.15) is 0 Å². The maximum absolute atomic E-state index is 11.8. The van der Waals surface area contributed by atoms with Gasteiger partial charge in [-0.3, -0.25) is 0 Å². The van der Waals surface area contributed by atoms with Gasteiger partial charge < -0.3 is 14.7 Å². The molecule has 2 unspecified atom stereocenters. The van der Waals surface area contributed by atoms with Crippen molar-refractivity contribution in [3.8, 4) is 0 Å². The molecule has 1 aliphatic rings. The fourth-order valence-electron chi connectivity index (χ4n) is 1.85. The lowest BCUT2D eigenvalue weighted by molar-refractivity contribution is 0.0268. The quantitative estimate of drug-likeness (QED) is 0.748. The number of hydrogen-bond acceptors (Lipinski definition) is 3. The van der Waals surface area contributed by atoms with Crippen LogP contribution >= 0.6 is 0 Å². The Hall–Kier alpha value is -0.770. The molecule has 1 N–H and O–H groups in total. The van der Waals surface area contributed by atoms with E-state index in [9.17, 15) is 9.90 Å². The lowest BCUT2D eigenvalue weighted by atomic mass is 9.85. The molecule has 0 saturated carbocycles. The van der Waals surface area contributed by atoms with Crippen LogP contribution in [0.15, 0.2) is 0 Å². The van der Waals surface area contributed by atoms with Crippen molar-refractivity contribution in [2.45, 2.75) is 52.7 Å². The highest BCUT2D eigenvalue weighted by Gasteiger charge is 2.43. The molecule has 2 atom stereocenters. The minimum absolute atomic E-state index is 0.198. The van der Waals surface area contributed by atoms with Crippen LogP contribution in [-0.2, 0) is 4.74 Å². The summed E-state index contributed by atoms with van der Waals surface area (Å²) in [6, 6.07) is 0. The number of amides is 1. The highest BCUT2D eigenvalue weighted by Crippen LogP contribution is 2.34. The van der Waals surface area contributed by atoms with Crippen LogP contribution < -0.4 is 0 Å². The Bertz CT molecular complexity index is 272. The van der Waals surface area contributed by atoms with Crippen molar-refractivity contribution in [2.24, 2.45) is 5.41 Å². The lowest BCUT2D eigenvalue weighted by Gasteiger charge is -2.26. The van der Waals surface area contributed by atoms with Crippen LogP contribution in [0.3, 0.4) is 0 Å². The Morgan fingerprint density at radius 1 is 1.56 bits per heavy atom. The van der Waals surface area contributed by atoms with Crippen LogP contribution in [0, 0.1) is 5.41 Å². The minimum Gasteiger partial charge on any atom is -0.444 e. The molecule has 4 heteroatoms. The minimum atomic E-state index is -0.479. The number of likely N-dealkylation sites (tertiary alicyclic amines) is 1. The Kier molecular flexibility index (Phi) is 3.53. The number of aliphatic hydroxyl groups excluding tert-OH is 1. The zero-order valence-electron chi connectivity index (χ0n) is 10.9. The molecule has 0 aromatic heterocycles. The number of aliphatic hydroxyl groups is 1. The number of carbonyl (C=O) groups is 1. The second-order valence-corrected chi connectivity index (χ2v) is 5.88. The molecule has 16 heavy (non-hydrogen) atoms. The third-order valence-corrected chi connectivity index (χ3v) is 3.21. The Morgan fingerprint density at radius 3 is 2.50 bits per heavy atom. The standard InChI is InChI=1S/C12H23NO3/c1-6-12(5)8-13(7-9(12)14)10(15)16-11(2,3)4/h9,14H,6-8H2,1-5H3. The van der Waals surface area contributed by atoms with E-state index in [0.29, 0.717) is 13.1 Å². The summed E-state index contributed by atoms with van der Waals surface area (Å²) in [7, 11) is 0. The smallest absolute Gasteiger partial charge is 0.410 e. The van der Waals surface area contributed by atoms with Crippen LogP contribution in [0.5, 0.6) is 0 Å². The maximum atomic E-state index is 11.8. The van der Waals surface area contributed by atoms with Gasteiger partial charge in [-0.05, 0) is 27.2 Å². The normalized spacial score (nSPS) is 30.6. The fourth-order valence-corrected chi connectivity index (χ4v) is 1.85. The van der Waals surface area contributed by atoms with Crippen LogP contribution in [0.4, 0.5) is 4.79 Å². The first kappa shape index (κ1) is 13.3. The van der Waals surface area contributed by atoms with E-state index in [2.05, 4.69) is 0 Å². The van der Waals surface area contributed by atoms with E-state index in [1.807, 2.05) is 34.6 Å². The highest BCUT2D eigenvalue weighted by molar-refractivity contribution is 5.68. The number of β-amino-alcohol motifs (C(OH)–C–C–N with tert-alkyl or cyclic N) is 1. The van der Waals surface area contributed by atoms with E-state index < -0.39 is 11.7 Å². The van der Waals surface area contributed by atoms with Crippen molar-refractivity contribution in [3.63, 3.8) is 0 Å². The van der Waals surface area contributed by atoms with E-state index in [-0.39, 0.29) is 11.5 Å². The molecular formula is C12H23NO3. The molecule has 94 valence electrons. The summed E-state index contributed by atoms with van der Waals surface area (Å²) in [5.41, 5.74) is -0.676. The number of nitrogens with zero attached hydrogens (tertiary/aromatic N) is 1. The second kappa shape index (κ2) is 4.24. The molecule has 1 heterocycles. The molecule has 0 spiro atoms. The molecule has 1 fully saturated rings. The summed E-state index contributed by atoms with van der Waals surface area (Å²) < 4.78 is 5.28. The van der Waals surface area contributed by atoms with Crippen LogP contribution in [0.1, 0.15) is 41.0 Å². The van der Waals surface area contributed by atoms with Crippen molar-refractivity contribution in [1.82, 2.24) is 4.90 Å². The van der Waals surface area contributed by atoms with Crippen molar-refractivity contribution in [1.29, 1.82) is 0 Å². The van der Waals surface area contributed by atoms with Crippen molar-refractivity contribution in [2.75, 3.05) is 13.1 Å². The summed E-state index contributed by atoms with van der Waals surface area (Å²) in [6.07, 6.45) is 0.0711. The summed E-state index contributed by atoms with van der Waals surface area (Å²) >= 11 is 0. The fraction of sp³-hybridized carbons (Fsp3) is 0.917. The molecule has 0 aliphatic carbocycles. The first-order chi connectivity index (χ1) is 7.18. The van der Waals surface area contributed by atoms with Gasteiger partial charge in [-0.15, -0.1) is 0 Å². The van der Waals surface area contributed by atoms with Gasteiger partial charge in [-0.25, -0.2) is 4.79 Å². The highest BCUT2D eigenvalue weighted by atomic mass is 16.6. The molecule has 1 aliphatic heterocycles. The first-order valence-corrected chi connectivity index (χ1v) is 5.84. The first-order valence-electron chi connectivity index (χ1n) is 5.84. The van der Waals surface area contributed by atoms with Gasteiger partial charge in [0.25, 0.3) is 0 Å².